The Morgan fingerprint density at radius 3 is 2.20 bits per heavy atom. The van der Waals surface area contributed by atoms with Crippen molar-refractivity contribution in [1.29, 1.82) is 0 Å². The lowest BCUT2D eigenvalue weighted by Crippen LogP contribution is -2.40. The Labute approximate surface area is 89.0 Å². The molecule has 4 nitrogen and oxygen atoms in total. The Balaban J connectivity index is 4.06. The predicted molar refractivity (Wildman–Crippen MR) is 47.9 cm³/mol. The highest BCUT2D eigenvalue weighted by Crippen LogP contribution is 2.19. The van der Waals surface area contributed by atoms with E-state index in [1.54, 1.807) is 0 Å². The molecule has 0 spiro atoms. The van der Waals surface area contributed by atoms with Crippen LogP contribution in [0.4, 0.5) is 13.2 Å². The maximum Gasteiger partial charge on any atom is 0.451 e. The number of rotatable bonds is 5. The molecule has 0 aliphatic rings. The summed E-state index contributed by atoms with van der Waals surface area (Å²) in [6.45, 7) is 0. The summed E-state index contributed by atoms with van der Waals surface area (Å²) in [5.41, 5.74) is 4.93. The van der Waals surface area contributed by atoms with Gasteiger partial charge in [0.15, 0.2) is 0 Å². The number of halogens is 4. The lowest BCUT2D eigenvalue weighted by molar-refractivity contribution is -0.172. The van der Waals surface area contributed by atoms with E-state index in [4.69, 9.17) is 16.4 Å². The molecule has 0 aromatic heterocycles. The zero-order chi connectivity index (χ0) is 12.3. The monoisotopic (exact) mass is 267 g/mol. The minimum absolute atomic E-state index is 0.186. The first-order valence-electron chi connectivity index (χ1n) is 3.83. The van der Waals surface area contributed by atoms with Crippen LogP contribution in [0, 0.1) is 0 Å². The third-order valence-electron chi connectivity index (χ3n) is 1.52. The second-order valence-corrected chi connectivity index (χ2v) is 5.75. The van der Waals surface area contributed by atoms with Crippen molar-refractivity contribution in [3.8, 4) is 0 Å². The van der Waals surface area contributed by atoms with Crippen LogP contribution in [0.15, 0.2) is 0 Å². The molecule has 2 N–H and O–H groups in total. The molecule has 0 aromatic carbocycles. The standard InChI is InChI=1S/C6H9ClF3NO3S/c7-15(13,14)3-1-2-4(11)5(12)6(8,9)10/h4H,1-3,11H2. The van der Waals surface area contributed by atoms with Gasteiger partial charge in [-0.15, -0.1) is 0 Å². The number of carbonyl (C=O) groups excluding carboxylic acids is 1. The molecule has 90 valence electrons. The predicted octanol–water partition coefficient (Wildman–Crippen LogP) is 0.794. The van der Waals surface area contributed by atoms with Crippen molar-refractivity contribution < 1.29 is 26.4 Å². The first-order valence-corrected chi connectivity index (χ1v) is 6.31. The van der Waals surface area contributed by atoms with E-state index in [9.17, 15) is 26.4 Å². The van der Waals surface area contributed by atoms with Crippen molar-refractivity contribution in [2.75, 3.05) is 5.75 Å². The highest BCUT2D eigenvalue weighted by atomic mass is 35.7. The first-order chi connectivity index (χ1) is 6.54. The Morgan fingerprint density at radius 2 is 1.87 bits per heavy atom. The van der Waals surface area contributed by atoms with Gasteiger partial charge in [-0.2, -0.15) is 13.2 Å². The molecule has 0 amide bonds. The van der Waals surface area contributed by atoms with Crippen LogP contribution in [-0.2, 0) is 13.8 Å². The van der Waals surface area contributed by atoms with Gasteiger partial charge in [-0.25, -0.2) is 8.42 Å². The fourth-order valence-electron chi connectivity index (χ4n) is 0.817. The fraction of sp³-hybridized carbons (Fsp3) is 0.833. The van der Waals surface area contributed by atoms with Crippen molar-refractivity contribution in [3.05, 3.63) is 0 Å². The van der Waals surface area contributed by atoms with Crippen molar-refractivity contribution in [3.63, 3.8) is 0 Å². The molecule has 0 heterocycles. The molecule has 0 aromatic rings. The molecule has 1 atom stereocenters. The number of carbonyl (C=O) groups is 1. The third kappa shape index (κ3) is 6.69. The fourth-order valence-corrected chi connectivity index (χ4v) is 1.66. The minimum Gasteiger partial charge on any atom is -0.321 e. The minimum atomic E-state index is -4.99. The molecule has 15 heavy (non-hydrogen) atoms. The highest BCUT2D eigenvalue weighted by molar-refractivity contribution is 8.13. The van der Waals surface area contributed by atoms with E-state index in [2.05, 4.69) is 0 Å². The average molecular weight is 268 g/mol. The van der Waals surface area contributed by atoms with E-state index in [1.807, 2.05) is 0 Å². The van der Waals surface area contributed by atoms with Crippen molar-refractivity contribution in [2.24, 2.45) is 5.73 Å². The summed E-state index contributed by atoms with van der Waals surface area (Å²) >= 11 is 0. The smallest absolute Gasteiger partial charge is 0.321 e. The maximum absolute atomic E-state index is 11.8. The van der Waals surface area contributed by atoms with Crippen LogP contribution >= 0.6 is 10.7 Å². The molecule has 0 saturated carbocycles. The Morgan fingerprint density at radius 1 is 1.40 bits per heavy atom. The molecule has 1 unspecified atom stereocenters. The average Bonchev–Trinajstić information content (AvgIpc) is 1.98. The molecular weight excluding hydrogens is 259 g/mol. The van der Waals surface area contributed by atoms with Gasteiger partial charge in [0, 0.05) is 10.7 Å². The van der Waals surface area contributed by atoms with Gasteiger partial charge >= 0.3 is 6.18 Å². The van der Waals surface area contributed by atoms with E-state index < -0.39 is 32.8 Å². The molecular formula is C6H9ClF3NO3S. The van der Waals surface area contributed by atoms with Crippen LogP contribution in [0.1, 0.15) is 12.8 Å². The summed E-state index contributed by atoms with van der Waals surface area (Å²) in [6.07, 6.45) is -5.54. The molecule has 0 bridgehead atoms. The van der Waals surface area contributed by atoms with E-state index in [1.165, 1.54) is 0 Å². The number of alkyl halides is 3. The topological polar surface area (TPSA) is 77.2 Å². The van der Waals surface area contributed by atoms with Crippen LogP contribution in [0.5, 0.6) is 0 Å². The normalized spacial score (nSPS) is 15.0. The lowest BCUT2D eigenvalue weighted by Gasteiger charge is -2.11. The molecule has 0 fully saturated rings. The van der Waals surface area contributed by atoms with Crippen molar-refractivity contribution >= 4 is 25.5 Å². The summed E-state index contributed by atoms with van der Waals surface area (Å²) in [5.74, 6) is -2.57. The van der Waals surface area contributed by atoms with E-state index in [0.717, 1.165) is 0 Å². The maximum atomic E-state index is 11.8. The Hall–Kier alpha value is -0.340. The van der Waals surface area contributed by atoms with Crippen LogP contribution in [0.2, 0.25) is 0 Å². The number of ketones is 1. The van der Waals surface area contributed by atoms with Gasteiger partial charge in [-0.1, -0.05) is 0 Å². The van der Waals surface area contributed by atoms with E-state index >= 15 is 0 Å². The van der Waals surface area contributed by atoms with Crippen LogP contribution in [0.3, 0.4) is 0 Å². The van der Waals surface area contributed by atoms with Gasteiger partial charge in [0.2, 0.25) is 9.05 Å². The second-order valence-electron chi connectivity index (χ2n) is 2.85. The van der Waals surface area contributed by atoms with E-state index in [-0.39, 0.29) is 12.8 Å². The van der Waals surface area contributed by atoms with Gasteiger partial charge in [-0.3, -0.25) is 4.79 Å². The molecule has 0 saturated heterocycles. The molecule has 9 heteroatoms. The molecule has 0 radical (unpaired) electrons. The Kier molecular flexibility index (Phi) is 5.01. The van der Waals surface area contributed by atoms with Gasteiger partial charge < -0.3 is 5.73 Å². The molecule has 0 rings (SSSR count). The zero-order valence-corrected chi connectivity index (χ0v) is 8.99. The van der Waals surface area contributed by atoms with Gasteiger partial charge in [-0.05, 0) is 12.8 Å². The van der Waals surface area contributed by atoms with Gasteiger partial charge in [0.05, 0.1) is 11.8 Å². The number of nitrogens with two attached hydrogens (primary N) is 1. The number of hydrogen-bond acceptors (Lipinski definition) is 4. The van der Waals surface area contributed by atoms with E-state index in [0.29, 0.717) is 0 Å². The quantitative estimate of drug-likeness (QED) is 0.747. The lowest BCUT2D eigenvalue weighted by atomic mass is 10.1. The number of Topliss-reactive ketones (excluding diaryl/α,β-unsaturated/α-hetero) is 1. The zero-order valence-electron chi connectivity index (χ0n) is 7.42. The van der Waals surface area contributed by atoms with Crippen molar-refractivity contribution in [2.45, 2.75) is 25.1 Å². The highest BCUT2D eigenvalue weighted by Gasteiger charge is 2.41. The second kappa shape index (κ2) is 5.13. The summed E-state index contributed by atoms with van der Waals surface area (Å²) in [5, 5.41) is 0. The summed E-state index contributed by atoms with van der Waals surface area (Å²) in [7, 11) is 1.05. The van der Waals surface area contributed by atoms with Gasteiger partial charge in [0.25, 0.3) is 5.78 Å². The first kappa shape index (κ1) is 14.7. The summed E-state index contributed by atoms with van der Waals surface area (Å²) < 4.78 is 56.2. The summed E-state index contributed by atoms with van der Waals surface area (Å²) in [4.78, 5) is 10.5. The molecule has 0 aliphatic heterocycles. The van der Waals surface area contributed by atoms with Gasteiger partial charge in [0.1, 0.15) is 0 Å². The third-order valence-corrected chi connectivity index (χ3v) is 2.76. The largest absolute Gasteiger partial charge is 0.451 e. The van der Waals surface area contributed by atoms with Crippen LogP contribution in [0.25, 0.3) is 0 Å². The molecule has 0 aliphatic carbocycles. The van der Waals surface area contributed by atoms with Crippen LogP contribution in [-0.4, -0.2) is 32.2 Å². The SMILES string of the molecule is NC(CCCS(=O)(=O)Cl)C(=O)C(F)(F)F. The van der Waals surface area contributed by atoms with Crippen LogP contribution < -0.4 is 5.73 Å². The summed E-state index contributed by atoms with van der Waals surface area (Å²) in [6, 6.07) is -1.73. The van der Waals surface area contributed by atoms with Crippen molar-refractivity contribution in [1.82, 2.24) is 0 Å². The Bertz CT molecular complexity index is 327. The number of hydrogen-bond donors (Lipinski definition) is 1.